The summed E-state index contributed by atoms with van der Waals surface area (Å²) in [6.45, 7) is 4.70. The van der Waals surface area contributed by atoms with Crippen molar-refractivity contribution in [3.63, 3.8) is 0 Å². The van der Waals surface area contributed by atoms with E-state index in [1.165, 1.54) is 12.8 Å². The van der Waals surface area contributed by atoms with E-state index in [-0.39, 0.29) is 5.91 Å². The van der Waals surface area contributed by atoms with Crippen LogP contribution in [0.3, 0.4) is 0 Å². The number of carbonyl (C=O) groups is 1. The molecule has 140 valence electrons. The molecule has 3 aromatic rings. The molecule has 0 atom stereocenters. The van der Waals surface area contributed by atoms with Crippen LogP contribution >= 0.6 is 0 Å². The normalized spacial score (nSPS) is 15.9. The third kappa shape index (κ3) is 4.17. The molecule has 3 heterocycles. The SMILES string of the molecule is CC1CCN(CC(=O)Nc2cc3cc(-c4cnn(C)c4)ccc3cn2)CC1. The summed E-state index contributed by atoms with van der Waals surface area (Å²) in [5, 5.41) is 9.28. The zero-order chi connectivity index (χ0) is 18.8. The van der Waals surface area contributed by atoms with E-state index in [4.69, 9.17) is 0 Å². The Labute approximate surface area is 159 Å². The molecule has 0 bridgehead atoms. The number of benzene rings is 1. The van der Waals surface area contributed by atoms with Crippen LogP contribution in [0.2, 0.25) is 0 Å². The van der Waals surface area contributed by atoms with Crippen molar-refractivity contribution in [1.29, 1.82) is 0 Å². The average molecular weight is 363 g/mol. The van der Waals surface area contributed by atoms with Gasteiger partial charge in [0.2, 0.25) is 5.91 Å². The maximum atomic E-state index is 12.4. The molecule has 0 aliphatic carbocycles. The van der Waals surface area contributed by atoms with E-state index >= 15 is 0 Å². The van der Waals surface area contributed by atoms with Crippen molar-refractivity contribution in [3.8, 4) is 11.1 Å². The van der Waals surface area contributed by atoms with Crippen molar-refractivity contribution >= 4 is 22.5 Å². The molecule has 0 spiro atoms. The maximum absolute atomic E-state index is 12.4. The molecule has 1 saturated heterocycles. The molecule has 1 aliphatic rings. The van der Waals surface area contributed by atoms with Crippen LogP contribution in [-0.2, 0) is 11.8 Å². The highest BCUT2D eigenvalue weighted by Crippen LogP contribution is 2.25. The van der Waals surface area contributed by atoms with Crippen LogP contribution in [0, 0.1) is 5.92 Å². The fourth-order valence-corrected chi connectivity index (χ4v) is 3.56. The van der Waals surface area contributed by atoms with Crippen LogP contribution in [0.4, 0.5) is 5.82 Å². The van der Waals surface area contributed by atoms with Gasteiger partial charge in [-0.2, -0.15) is 5.10 Å². The maximum Gasteiger partial charge on any atom is 0.239 e. The number of rotatable bonds is 4. The smallest absolute Gasteiger partial charge is 0.239 e. The molecule has 27 heavy (non-hydrogen) atoms. The van der Waals surface area contributed by atoms with Gasteiger partial charge in [0.05, 0.1) is 12.7 Å². The predicted octanol–water partition coefficient (Wildman–Crippen LogP) is 3.31. The zero-order valence-electron chi connectivity index (χ0n) is 15.9. The van der Waals surface area contributed by atoms with Crippen LogP contribution in [0.5, 0.6) is 0 Å². The number of aryl methyl sites for hydroxylation is 1. The molecule has 1 aliphatic heterocycles. The third-order valence-corrected chi connectivity index (χ3v) is 5.27. The summed E-state index contributed by atoms with van der Waals surface area (Å²) >= 11 is 0. The highest BCUT2D eigenvalue weighted by molar-refractivity contribution is 5.94. The van der Waals surface area contributed by atoms with E-state index in [1.54, 1.807) is 10.9 Å². The number of fused-ring (bicyclic) bond motifs is 1. The summed E-state index contributed by atoms with van der Waals surface area (Å²) in [5.74, 6) is 1.36. The monoisotopic (exact) mass is 363 g/mol. The molecule has 1 amide bonds. The summed E-state index contributed by atoms with van der Waals surface area (Å²) in [7, 11) is 1.91. The average Bonchev–Trinajstić information content (AvgIpc) is 3.09. The molecule has 6 heteroatoms. The molecule has 1 N–H and O–H groups in total. The fraction of sp³-hybridized carbons (Fsp3) is 0.381. The first-order valence-corrected chi connectivity index (χ1v) is 9.48. The highest BCUT2D eigenvalue weighted by Gasteiger charge is 2.18. The lowest BCUT2D eigenvalue weighted by atomic mass is 9.99. The number of amides is 1. The number of pyridine rings is 1. The number of piperidine rings is 1. The molecule has 0 radical (unpaired) electrons. The molecule has 4 rings (SSSR count). The Morgan fingerprint density at radius 3 is 2.70 bits per heavy atom. The molecular weight excluding hydrogens is 338 g/mol. The molecule has 6 nitrogen and oxygen atoms in total. The van der Waals surface area contributed by atoms with Gasteiger partial charge in [-0.05, 0) is 54.9 Å². The van der Waals surface area contributed by atoms with Gasteiger partial charge in [-0.3, -0.25) is 14.4 Å². The largest absolute Gasteiger partial charge is 0.310 e. The predicted molar refractivity (Wildman–Crippen MR) is 107 cm³/mol. The molecular formula is C21H25N5O. The second-order valence-electron chi connectivity index (χ2n) is 7.54. The minimum atomic E-state index is -0.000169. The molecule has 2 aromatic heterocycles. The first-order valence-electron chi connectivity index (χ1n) is 9.48. The van der Waals surface area contributed by atoms with Crippen LogP contribution in [-0.4, -0.2) is 45.2 Å². The number of carbonyl (C=O) groups excluding carboxylic acids is 1. The number of hydrogen-bond donors (Lipinski definition) is 1. The van der Waals surface area contributed by atoms with E-state index in [9.17, 15) is 4.79 Å². The molecule has 1 fully saturated rings. The Kier molecular flexibility index (Phi) is 4.90. The van der Waals surface area contributed by atoms with Gasteiger partial charge in [-0.1, -0.05) is 19.1 Å². The van der Waals surface area contributed by atoms with E-state index in [0.29, 0.717) is 12.4 Å². The summed E-state index contributed by atoms with van der Waals surface area (Å²) in [6, 6.07) is 8.16. The lowest BCUT2D eigenvalue weighted by molar-refractivity contribution is -0.117. The van der Waals surface area contributed by atoms with Crippen LogP contribution in [0.25, 0.3) is 21.9 Å². The fourth-order valence-electron chi connectivity index (χ4n) is 3.56. The minimum absolute atomic E-state index is 0.000169. The number of likely N-dealkylation sites (tertiary alicyclic amines) is 1. The standard InChI is InChI=1S/C21H25N5O/c1-15-5-7-26(8-6-15)14-21(27)24-20-10-18-9-16(3-4-17(18)11-22-20)19-12-23-25(2)13-19/h3-4,9-13,15H,5-8,14H2,1-2H3,(H,22,24,27). The summed E-state index contributed by atoms with van der Waals surface area (Å²) in [4.78, 5) is 19.0. The Balaban J connectivity index is 1.48. The van der Waals surface area contributed by atoms with E-state index in [1.807, 2.05) is 31.6 Å². The Bertz CT molecular complexity index is 956. The molecule has 1 aromatic carbocycles. The van der Waals surface area contributed by atoms with Crippen LogP contribution in [0.15, 0.2) is 42.9 Å². The summed E-state index contributed by atoms with van der Waals surface area (Å²) < 4.78 is 1.79. The van der Waals surface area contributed by atoms with Crippen molar-refractivity contribution in [2.24, 2.45) is 13.0 Å². The molecule has 0 saturated carbocycles. The number of nitrogens with one attached hydrogen (secondary N) is 1. The topological polar surface area (TPSA) is 63.1 Å². The second-order valence-corrected chi connectivity index (χ2v) is 7.54. The van der Waals surface area contributed by atoms with E-state index in [2.05, 4.69) is 39.4 Å². The lowest BCUT2D eigenvalue weighted by Gasteiger charge is -2.29. The van der Waals surface area contributed by atoms with E-state index in [0.717, 1.165) is 40.9 Å². The van der Waals surface area contributed by atoms with Crippen LogP contribution < -0.4 is 5.32 Å². The summed E-state index contributed by atoms with van der Waals surface area (Å²) in [6.07, 6.45) is 7.98. The van der Waals surface area contributed by atoms with E-state index < -0.39 is 0 Å². The van der Waals surface area contributed by atoms with Gasteiger partial charge in [0.25, 0.3) is 0 Å². The molecule has 0 unspecified atom stereocenters. The first kappa shape index (κ1) is 17.7. The number of nitrogens with zero attached hydrogens (tertiary/aromatic N) is 4. The minimum Gasteiger partial charge on any atom is -0.310 e. The number of aromatic nitrogens is 3. The quantitative estimate of drug-likeness (QED) is 0.772. The zero-order valence-corrected chi connectivity index (χ0v) is 15.9. The highest BCUT2D eigenvalue weighted by atomic mass is 16.2. The number of anilines is 1. The lowest BCUT2D eigenvalue weighted by Crippen LogP contribution is -2.38. The van der Waals surface area contributed by atoms with Gasteiger partial charge in [0.15, 0.2) is 0 Å². The van der Waals surface area contributed by atoms with Gasteiger partial charge >= 0.3 is 0 Å². The first-order chi connectivity index (χ1) is 13.1. The van der Waals surface area contributed by atoms with Gasteiger partial charge in [0, 0.05) is 30.4 Å². The van der Waals surface area contributed by atoms with Gasteiger partial charge in [0.1, 0.15) is 5.82 Å². The van der Waals surface area contributed by atoms with Crippen molar-refractivity contribution in [2.45, 2.75) is 19.8 Å². The van der Waals surface area contributed by atoms with Gasteiger partial charge in [-0.25, -0.2) is 4.98 Å². The second kappa shape index (κ2) is 7.48. The third-order valence-electron chi connectivity index (χ3n) is 5.27. The van der Waals surface area contributed by atoms with Crippen molar-refractivity contribution < 1.29 is 4.79 Å². The van der Waals surface area contributed by atoms with Gasteiger partial charge in [-0.15, -0.1) is 0 Å². The Morgan fingerprint density at radius 1 is 1.15 bits per heavy atom. The van der Waals surface area contributed by atoms with Crippen molar-refractivity contribution in [2.75, 3.05) is 25.0 Å². The van der Waals surface area contributed by atoms with Gasteiger partial charge < -0.3 is 5.32 Å². The Morgan fingerprint density at radius 2 is 1.96 bits per heavy atom. The van der Waals surface area contributed by atoms with Crippen molar-refractivity contribution in [1.82, 2.24) is 19.7 Å². The number of hydrogen-bond acceptors (Lipinski definition) is 4. The Hall–Kier alpha value is -2.73. The van der Waals surface area contributed by atoms with Crippen LogP contribution in [0.1, 0.15) is 19.8 Å². The van der Waals surface area contributed by atoms with Crippen molar-refractivity contribution in [3.05, 3.63) is 42.9 Å². The summed E-state index contributed by atoms with van der Waals surface area (Å²) in [5.41, 5.74) is 2.17.